The molecule has 3 saturated heterocycles. The first-order valence-electron chi connectivity index (χ1n) is 17.6. The van der Waals surface area contributed by atoms with E-state index in [4.69, 9.17) is 14.2 Å². The molecule has 3 aliphatic heterocycles. The Labute approximate surface area is 314 Å². The third-order valence-corrected chi connectivity index (χ3v) is 9.90. The summed E-state index contributed by atoms with van der Waals surface area (Å²) in [5.41, 5.74) is -6.30. The molecule has 5 rings (SSSR count). The Balaban J connectivity index is 1.32. The van der Waals surface area contributed by atoms with Crippen LogP contribution < -0.4 is 10.2 Å². The van der Waals surface area contributed by atoms with Gasteiger partial charge >= 0.3 is 18.4 Å². The lowest BCUT2D eigenvalue weighted by molar-refractivity contribution is -0.392. The highest BCUT2D eigenvalue weighted by molar-refractivity contribution is 6.11. The molecule has 1 unspecified atom stereocenters. The number of nitrogens with one attached hydrogen (secondary N) is 1. The van der Waals surface area contributed by atoms with Gasteiger partial charge in [-0.2, -0.15) is 26.3 Å². The molecule has 298 valence electrons. The Morgan fingerprint density at radius 2 is 1.73 bits per heavy atom. The van der Waals surface area contributed by atoms with Gasteiger partial charge in [-0.15, -0.1) is 0 Å². The fourth-order valence-corrected chi connectivity index (χ4v) is 6.89. The number of carbonyl (C=O) groups excluding carboxylic acids is 3. The van der Waals surface area contributed by atoms with Crippen LogP contribution in [0.15, 0.2) is 77.5 Å². The Kier molecular flexibility index (Phi) is 11.9. The zero-order valence-electron chi connectivity index (χ0n) is 30.9. The van der Waals surface area contributed by atoms with E-state index in [1.165, 1.54) is 55.3 Å². The number of aliphatic imine (C=N–C) groups is 1. The minimum Gasteiger partial charge on any atom is -0.484 e. The van der Waals surface area contributed by atoms with E-state index < -0.39 is 66.1 Å². The number of rotatable bonds is 11. The van der Waals surface area contributed by atoms with Gasteiger partial charge in [-0.3, -0.25) is 19.5 Å². The fraction of sp³-hybridized carbons (Fsp3) is 0.474. The van der Waals surface area contributed by atoms with E-state index in [0.29, 0.717) is 12.1 Å². The van der Waals surface area contributed by atoms with Crippen molar-refractivity contribution in [3.8, 4) is 0 Å². The summed E-state index contributed by atoms with van der Waals surface area (Å²) in [6.07, 6.45) is -9.69. The average molecular weight is 780 g/mol. The number of hydrogen-bond acceptors (Lipinski definition) is 8. The molecule has 0 bridgehead atoms. The Hall–Kier alpha value is -5.06. The maximum Gasteiger partial charge on any atom is 0.430 e. The van der Waals surface area contributed by atoms with E-state index >= 15 is 0 Å². The second-order valence-electron chi connectivity index (χ2n) is 13.6. The van der Waals surface area contributed by atoms with Gasteiger partial charge in [0.2, 0.25) is 5.91 Å². The molecule has 2 aromatic rings. The summed E-state index contributed by atoms with van der Waals surface area (Å²) < 4.78 is 104. The lowest BCUT2D eigenvalue weighted by atomic mass is 9.88. The zero-order chi connectivity index (χ0) is 40.3. The van der Waals surface area contributed by atoms with E-state index in [1.807, 2.05) is 4.90 Å². The number of nitrogens with zero attached hydrogens (tertiary/aromatic N) is 4. The number of urea groups is 1. The van der Waals surface area contributed by atoms with Gasteiger partial charge in [0, 0.05) is 44.0 Å². The van der Waals surface area contributed by atoms with Crippen molar-refractivity contribution in [2.75, 3.05) is 51.3 Å². The highest BCUT2D eigenvalue weighted by atomic mass is 19.4. The second kappa shape index (κ2) is 16.0. The summed E-state index contributed by atoms with van der Waals surface area (Å²) >= 11 is 0. The number of benzene rings is 2. The van der Waals surface area contributed by atoms with Crippen LogP contribution in [-0.4, -0.2) is 104 Å². The van der Waals surface area contributed by atoms with E-state index in [9.17, 15) is 40.7 Å². The normalized spacial score (nSPS) is 22.5. The molecule has 55 heavy (non-hydrogen) atoms. The molecule has 0 radical (unpaired) electrons. The highest BCUT2D eigenvalue weighted by Gasteiger charge is 2.73. The van der Waals surface area contributed by atoms with Crippen LogP contribution in [0.25, 0.3) is 0 Å². The SMILES string of the molecule is C=C(/C=C1/OCCOC1=NC)C1(C)NC(=O)N(CC(=O)N2CCN(c3ccc(C(OCc4ccccc4)(C(F)(F)F)C(F)(F)F)cc3CCC)[C@@H](C)C2)C1=O. The van der Waals surface area contributed by atoms with Crippen LogP contribution in [0.2, 0.25) is 0 Å². The van der Waals surface area contributed by atoms with Crippen LogP contribution in [0.5, 0.6) is 0 Å². The van der Waals surface area contributed by atoms with E-state index in [0.717, 1.165) is 17.0 Å². The lowest BCUT2D eigenvalue weighted by Gasteiger charge is -2.43. The quantitative estimate of drug-likeness (QED) is 0.219. The van der Waals surface area contributed by atoms with Gasteiger partial charge < -0.3 is 29.3 Å². The molecular formula is C38H43F6N5O6. The summed E-state index contributed by atoms with van der Waals surface area (Å²) in [6, 6.07) is 9.01. The molecule has 11 nitrogen and oxygen atoms in total. The summed E-state index contributed by atoms with van der Waals surface area (Å²) in [5.74, 6) is -0.810. The van der Waals surface area contributed by atoms with Crippen molar-refractivity contribution in [2.45, 2.75) is 69.8 Å². The second-order valence-corrected chi connectivity index (χ2v) is 13.6. The average Bonchev–Trinajstić information content (AvgIpc) is 3.35. The van der Waals surface area contributed by atoms with Crippen molar-refractivity contribution < 1.29 is 54.9 Å². The summed E-state index contributed by atoms with van der Waals surface area (Å²) in [4.78, 5) is 48.1. The van der Waals surface area contributed by atoms with E-state index in [-0.39, 0.29) is 67.6 Å². The van der Waals surface area contributed by atoms with Crippen LogP contribution in [-0.2, 0) is 42.4 Å². The topological polar surface area (TPSA) is 113 Å². The Morgan fingerprint density at radius 1 is 1.05 bits per heavy atom. The van der Waals surface area contributed by atoms with Crippen molar-refractivity contribution in [1.82, 2.24) is 15.1 Å². The number of anilines is 1. The molecule has 3 fully saturated rings. The number of amides is 4. The smallest absolute Gasteiger partial charge is 0.430 e. The van der Waals surface area contributed by atoms with Crippen molar-refractivity contribution in [3.63, 3.8) is 0 Å². The van der Waals surface area contributed by atoms with Crippen LogP contribution in [0.1, 0.15) is 43.9 Å². The molecule has 0 aliphatic carbocycles. The number of carbonyl (C=O) groups is 3. The molecule has 0 saturated carbocycles. The molecule has 2 atom stereocenters. The molecule has 1 N–H and O–H groups in total. The van der Waals surface area contributed by atoms with Crippen molar-refractivity contribution >= 4 is 29.4 Å². The van der Waals surface area contributed by atoms with Crippen LogP contribution in [0.3, 0.4) is 0 Å². The monoisotopic (exact) mass is 779 g/mol. The van der Waals surface area contributed by atoms with Gasteiger partial charge in [-0.05, 0) is 49.1 Å². The molecule has 2 aromatic carbocycles. The zero-order valence-corrected chi connectivity index (χ0v) is 30.9. The van der Waals surface area contributed by atoms with Crippen LogP contribution >= 0.6 is 0 Å². The van der Waals surface area contributed by atoms with Crippen molar-refractivity contribution in [1.29, 1.82) is 0 Å². The van der Waals surface area contributed by atoms with E-state index in [1.54, 1.807) is 19.9 Å². The third kappa shape index (κ3) is 8.02. The maximum absolute atomic E-state index is 14.6. The molecule has 3 aliphatic rings. The van der Waals surface area contributed by atoms with Gasteiger partial charge in [0.25, 0.3) is 17.4 Å². The van der Waals surface area contributed by atoms with Gasteiger partial charge in [-0.1, -0.05) is 62.4 Å². The Morgan fingerprint density at radius 3 is 2.35 bits per heavy atom. The first-order chi connectivity index (χ1) is 25.9. The molecule has 0 spiro atoms. The standard InChI is InChI=1S/C38H43F6N5O6/c1-6-10-27-20-28(36(37(39,40)41,38(42,43)44)55-23-26-11-8-7-9-12-26)13-14-29(27)48-16-15-47(21-25(48)3)31(50)22-49-33(51)35(4,46-34(49)52)24(2)19-30-32(45-5)54-18-17-53-30/h7-9,11-14,19-20,25H,2,6,10,15-18,21-23H2,1,3-5H3,(H,46,52)/b30-19+,45-32?/t25-,35?/m0/s1. The number of hydrogen-bond donors (Lipinski definition) is 1. The highest BCUT2D eigenvalue weighted by Crippen LogP contribution is 2.54. The summed E-state index contributed by atoms with van der Waals surface area (Å²) in [5, 5.41) is 2.59. The van der Waals surface area contributed by atoms with Crippen LogP contribution in [0.4, 0.5) is 36.8 Å². The third-order valence-electron chi connectivity index (χ3n) is 9.90. The molecule has 4 amide bonds. The van der Waals surface area contributed by atoms with Crippen molar-refractivity contribution in [3.05, 3.63) is 89.2 Å². The number of alkyl halides is 6. The fourth-order valence-electron chi connectivity index (χ4n) is 6.89. The number of ether oxygens (including phenoxy) is 3. The van der Waals surface area contributed by atoms with E-state index in [2.05, 4.69) is 16.9 Å². The van der Waals surface area contributed by atoms with Gasteiger partial charge in [0.05, 0.1) is 6.61 Å². The van der Waals surface area contributed by atoms with Gasteiger partial charge in [0.15, 0.2) is 5.76 Å². The lowest BCUT2D eigenvalue weighted by Crippen LogP contribution is -2.56. The minimum atomic E-state index is -5.86. The molecule has 0 aromatic heterocycles. The Bertz CT molecular complexity index is 1830. The molecular weight excluding hydrogens is 736 g/mol. The largest absolute Gasteiger partial charge is 0.484 e. The number of imide groups is 1. The summed E-state index contributed by atoms with van der Waals surface area (Å²) in [7, 11) is 1.50. The van der Waals surface area contributed by atoms with Crippen molar-refractivity contribution in [2.24, 2.45) is 4.99 Å². The summed E-state index contributed by atoms with van der Waals surface area (Å²) in [6.45, 7) is 8.29. The van der Waals surface area contributed by atoms with Gasteiger partial charge in [0.1, 0.15) is 25.3 Å². The first kappa shape index (κ1) is 41.1. The van der Waals surface area contributed by atoms with Crippen LogP contribution in [0, 0.1) is 0 Å². The minimum absolute atomic E-state index is 0.0948. The first-order valence-corrected chi connectivity index (χ1v) is 17.6. The number of halogens is 6. The number of aryl methyl sites for hydroxylation is 1. The predicted molar refractivity (Wildman–Crippen MR) is 190 cm³/mol. The molecule has 17 heteroatoms. The predicted octanol–water partition coefficient (Wildman–Crippen LogP) is 6.04. The maximum atomic E-state index is 14.6. The van der Waals surface area contributed by atoms with Gasteiger partial charge in [-0.25, -0.2) is 4.79 Å². The molecule has 3 heterocycles. The number of piperazine rings is 1.